The van der Waals surface area contributed by atoms with Gasteiger partial charge in [-0.15, -0.1) is 0 Å². The number of aromatic nitrogens is 2. The van der Waals surface area contributed by atoms with Crippen LogP contribution < -0.4 is 15.8 Å². The number of hydrogen-bond acceptors (Lipinski definition) is 4. The van der Waals surface area contributed by atoms with Crippen LogP contribution in [0.4, 0.5) is 16.2 Å². The van der Waals surface area contributed by atoms with Gasteiger partial charge in [0.1, 0.15) is 11.6 Å². The highest BCUT2D eigenvalue weighted by molar-refractivity contribution is 6.31. The number of carbonyl (C=O) groups excluding carboxylic acids is 1. The second kappa shape index (κ2) is 7.31. The van der Waals surface area contributed by atoms with Gasteiger partial charge < -0.3 is 10.2 Å². The highest BCUT2D eigenvalue weighted by Crippen LogP contribution is 2.38. The lowest BCUT2D eigenvalue weighted by atomic mass is 9.86. The number of nitrogens with zero attached hydrogens (tertiary/aromatic N) is 2. The third-order valence-electron chi connectivity index (χ3n) is 5.19. The molecule has 6 nitrogen and oxygen atoms in total. The summed E-state index contributed by atoms with van der Waals surface area (Å²) in [6.07, 6.45) is 4.30. The van der Waals surface area contributed by atoms with E-state index >= 15 is 0 Å². The standard InChI is InChI=1S/C19H20ClFN4O2/c20-12-6-5-7-13(21)15(12)11-10-14(26)22-17-16(11)18(27)24-19(23-17)25-8-3-1-2-4-9-25/h5-7,11H,1-4,8-10H2,(H2,22,23,24,26,27). The first-order valence-electron chi connectivity index (χ1n) is 9.17. The van der Waals surface area contributed by atoms with E-state index in [0.29, 0.717) is 5.95 Å². The van der Waals surface area contributed by atoms with Crippen molar-refractivity contribution in [1.82, 2.24) is 9.97 Å². The normalized spacial score (nSPS) is 20.0. The molecule has 1 aromatic heterocycles. The van der Waals surface area contributed by atoms with Crippen LogP contribution in [0.3, 0.4) is 0 Å². The smallest absolute Gasteiger partial charge is 0.258 e. The lowest BCUT2D eigenvalue weighted by Crippen LogP contribution is -2.35. The first-order chi connectivity index (χ1) is 13.0. The van der Waals surface area contributed by atoms with Crippen molar-refractivity contribution < 1.29 is 9.18 Å². The molecule has 1 atom stereocenters. The Balaban J connectivity index is 1.81. The average Bonchev–Trinajstić information content (AvgIpc) is 2.90. The minimum Gasteiger partial charge on any atom is -0.342 e. The highest BCUT2D eigenvalue weighted by Gasteiger charge is 2.34. The van der Waals surface area contributed by atoms with E-state index in [1.807, 2.05) is 4.90 Å². The van der Waals surface area contributed by atoms with Gasteiger partial charge in [-0.05, 0) is 25.0 Å². The Morgan fingerprint density at radius 3 is 2.56 bits per heavy atom. The second-order valence-corrected chi connectivity index (χ2v) is 7.40. The number of halogens is 2. The van der Waals surface area contributed by atoms with E-state index in [1.54, 1.807) is 6.07 Å². The molecule has 2 aliphatic heterocycles. The van der Waals surface area contributed by atoms with Crippen molar-refractivity contribution in [2.45, 2.75) is 38.0 Å². The minimum atomic E-state index is -0.767. The molecule has 27 heavy (non-hydrogen) atoms. The van der Waals surface area contributed by atoms with Gasteiger partial charge in [0.05, 0.1) is 5.56 Å². The molecule has 4 rings (SSSR count). The molecule has 3 heterocycles. The van der Waals surface area contributed by atoms with E-state index in [2.05, 4.69) is 15.3 Å². The van der Waals surface area contributed by atoms with Gasteiger partial charge in [0, 0.05) is 36.0 Å². The number of hydrogen-bond donors (Lipinski definition) is 2. The van der Waals surface area contributed by atoms with E-state index in [4.69, 9.17) is 11.6 Å². The molecule has 2 N–H and O–H groups in total. The fourth-order valence-electron chi connectivity index (χ4n) is 3.88. The summed E-state index contributed by atoms with van der Waals surface area (Å²) in [5, 5.41) is 2.86. The summed E-state index contributed by atoms with van der Waals surface area (Å²) in [6.45, 7) is 1.61. The SMILES string of the molecule is O=C1CC(c2c(F)cccc2Cl)c2c(nc(N3CCCCCC3)[nH]c2=O)N1. The molecule has 142 valence electrons. The Hall–Kier alpha value is -2.41. The number of amides is 1. The lowest BCUT2D eigenvalue weighted by molar-refractivity contribution is -0.116. The Morgan fingerprint density at radius 1 is 1.11 bits per heavy atom. The molecular formula is C19H20ClFN4O2. The number of fused-ring (bicyclic) bond motifs is 1. The fraction of sp³-hybridized carbons (Fsp3) is 0.421. The van der Waals surface area contributed by atoms with Crippen molar-refractivity contribution in [2.24, 2.45) is 0 Å². The lowest BCUT2D eigenvalue weighted by Gasteiger charge is -2.27. The Bertz CT molecular complexity index is 918. The zero-order valence-electron chi connectivity index (χ0n) is 14.7. The summed E-state index contributed by atoms with van der Waals surface area (Å²) in [5.41, 5.74) is 0.0360. The topological polar surface area (TPSA) is 78.1 Å². The molecule has 0 spiro atoms. The summed E-state index contributed by atoms with van der Waals surface area (Å²) in [5.74, 6) is -0.979. The summed E-state index contributed by atoms with van der Waals surface area (Å²) >= 11 is 6.19. The first-order valence-corrected chi connectivity index (χ1v) is 9.55. The predicted molar refractivity (Wildman–Crippen MR) is 102 cm³/mol. The maximum Gasteiger partial charge on any atom is 0.258 e. The van der Waals surface area contributed by atoms with Crippen molar-refractivity contribution in [3.8, 4) is 0 Å². The Labute approximate surface area is 160 Å². The number of carbonyl (C=O) groups is 1. The number of rotatable bonds is 2. The van der Waals surface area contributed by atoms with Crippen LogP contribution in [0.5, 0.6) is 0 Å². The van der Waals surface area contributed by atoms with E-state index in [9.17, 15) is 14.0 Å². The van der Waals surface area contributed by atoms with Gasteiger partial charge in [0.25, 0.3) is 5.56 Å². The van der Waals surface area contributed by atoms with Gasteiger partial charge in [-0.3, -0.25) is 14.6 Å². The summed E-state index contributed by atoms with van der Waals surface area (Å²) in [6, 6.07) is 4.33. The van der Waals surface area contributed by atoms with Gasteiger partial charge in [-0.25, -0.2) is 4.39 Å². The van der Waals surface area contributed by atoms with E-state index in [0.717, 1.165) is 38.8 Å². The molecule has 1 aromatic carbocycles. The van der Waals surface area contributed by atoms with Crippen molar-refractivity contribution in [3.63, 3.8) is 0 Å². The van der Waals surface area contributed by atoms with Gasteiger partial charge in [-0.2, -0.15) is 4.98 Å². The van der Waals surface area contributed by atoms with E-state index in [1.165, 1.54) is 12.1 Å². The molecule has 0 bridgehead atoms. The summed E-state index contributed by atoms with van der Waals surface area (Å²) in [4.78, 5) is 34.5. The molecule has 8 heteroatoms. The highest BCUT2D eigenvalue weighted by atomic mass is 35.5. The van der Waals surface area contributed by atoms with Crippen molar-refractivity contribution in [2.75, 3.05) is 23.3 Å². The number of anilines is 2. The molecule has 0 aliphatic carbocycles. The van der Waals surface area contributed by atoms with Crippen LogP contribution in [0, 0.1) is 5.82 Å². The zero-order valence-corrected chi connectivity index (χ0v) is 15.5. The summed E-state index contributed by atoms with van der Waals surface area (Å²) < 4.78 is 14.4. The van der Waals surface area contributed by atoms with Gasteiger partial charge in [0.2, 0.25) is 11.9 Å². The molecule has 0 saturated carbocycles. The van der Waals surface area contributed by atoms with E-state index in [-0.39, 0.29) is 39.9 Å². The third-order valence-corrected chi connectivity index (χ3v) is 5.52. The molecular weight excluding hydrogens is 371 g/mol. The van der Waals surface area contributed by atoms with E-state index < -0.39 is 11.7 Å². The fourth-order valence-corrected chi connectivity index (χ4v) is 4.18. The largest absolute Gasteiger partial charge is 0.342 e. The molecule has 1 amide bonds. The zero-order chi connectivity index (χ0) is 19.0. The predicted octanol–water partition coefficient (Wildman–Crippen LogP) is 3.42. The monoisotopic (exact) mass is 390 g/mol. The molecule has 2 aliphatic rings. The number of aromatic amines is 1. The van der Waals surface area contributed by atoms with Gasteiger partial charge in [-0.1, -0.05) is 30.5 Å². The van der Waals surface area contributed by atoms with Gasteiger partial charge >= 0.3 is 0 Å². The molecule has 1 saturated heterocycles. The number of nitrogens with one attached hydrogen (secondary N) is 2. The molecule has 2 aromatic rings. The van der Waals surface area contributed by atoms with Crippen LogP contribution in [-0.2, 0) is 4.79 Å². The third kappa shape index (κ3) is 3.43. The number of benzene rings is 1. The second-order valence-electron chi connectivity index (χ2n) is 6.99. The first kappa shape index (κ1) is 18.0. The minimum absolute atomic E-state index is 0.0541. The van der Waals surface area contributed by atoms with Crippen molar-refractivity contribution in [3.05, 3.63) is 50.5 Å². The quantitative estimate of drug-likeness (QED) is 0.823. The van der Waals surface area contributed by atoms with Crippen molar-refractivity contribution >= 4 is 29.3 Å². The van der Waals surface area contributed by atoms with Gasteiger partial charge in [0.15, 0.2) is 0 Å². The molecule has 0 radical (unpaired) electrons. The van der Waals surface area contributed by atoms with Crippen LogP contribution in [0.2, 0.25) is 5.02 Å². The Kier molecular flexibility index (Phi) is 4.86. The van der Waals surface area contributed by atoms with Crippen LogP contribution in [0.25, 0.3) is 0 Å². The molecule has 1 unspecified atom stereocenters. The maximum atomic E-state index is 14.4. The van der Waals surface area contributed by atoms with Crippen molar-refractivity contribution in [1.29, 1.82) is 0 Å². The average molecular weight is 391 g/mol. The number of H-pyrrole nitrogens is 1. The summed E-state index contributed by atoms with van der Waals surface area (Å²) in [7, 11) is 0. The Morgan fingerprint density at radius 2 is 1.85 bits per heavy atom. The van der Waals surface area contributed by atoms with Crippen LogP contribution in [0.1, 0.15) is 49.1 Å². The van der Waals surface area contributed by atoms with Crippen LogP contribution in [0.15, 0.2) is 23.0 Å². The van der Waals surface area contributed by atoms with Crippen LogP contribution in [-0.4, -0.2) is 29.0 Å². The molecule has 1 fully saturated rings. The maximum absolute atomic E-state index is 14.4. The van der Waals surface area contributed by atoms with Crippen LogP contribution >= 0.6 is 11.6 Å².